The number of aromatic nitrogens is 1. The number of rotatable bonds is 1. The zero-order chi connectivity index (χ0) is 18.7. The number of hydrogen-bond donors (Lipinski definition) is 0. The Balaban J connectivity index is 1.64. The Morgan fingerprint density at radius 2 is 1.50 bits per heavy atom. The van der Waals surface area contributed by atoms with Gasteiger partial charge in [0.15, 0.2) is 0 Å². The normalized spacial score (nSPS) is 13.0. The smallest absolute Gasteiger partial charge is 0.260 e. The van der Waals surface area contributed by atoms with Crippen molar-refractivity contribution < 1.29 is 9.47 Å². The maximum absolute atomic E-state index is 6.44. The van der Waals surface area contributed by atoms with E-state index < -0.39 is 0 Å². The van der Waals surface area contributed by atoms with Crippen LogP contribution in [0.15, 0.2) is 79.0 Å². The molecule has 2 aliphatic rings. The van der Waals surface area contributed by atoms with Crippen molar-refractivity contribution in [1.29, 1.82) is 0 Å². The summed E-state index contributed by atoms with van der Waals surface area (Å²) in [5, 5.41) is 0. The van der Waals surface area contributed by atoms with E-state index in [0.717, 1.165) is 45.2 Å². The van der Waals surface area contributed by atoms with E-state index >= 15 is 0 Å². The van der Waals surface area contributed by atoms with Gasteiger partial charge in [-0.1, -0.05) is 36.4 Å². The lowest BCUT2D eigenvalue weighted by Gasteiger charge is -2.33. The first kappa shape index (κ1) is 15.5. The van der Waals surface area contributed by atoms with Crippen molar-refractivity contribution in [2.45, 2.75) is 6.92 Å². The molecule has 0 saturated heterocycles. The summed E-state index contributed by atoms with van der Waals surface area (Å²) in [4.78, 5) is 4.60. The largest absolute Gasteiger partial charge is 0.458 e. The summed E-state index contributed by atoms with van der Waals surface area (Å²) in [5.74, 6) is 3.51. The fraction of sp³-hybridized carbons (Fsp3) is 0.0417. The Morgan fingerprint density at radius 3 is 2.39 bits per heavy atom. The third kappa shape index (κ3) is 2.15. The molecule has 0 radical (unpaired) electrons. The van der Waals surface area contributed by atoms with E-state index in [1.165, 1.54) is 11.0 Å². The van der Waals surface area contributed by atoms with Crippen molar-refractivity contribution in [2.24, 2.45) is 0 Å². The van der Waals surface area contributed by atoms with Gasteiger partial charge in [-0.3, -0.25) is 4.98 Å². The number of para-hydroxylation sites is 2. The van der Waals surface area contributed by atoms with Crippen molar-refractivity contribution in [3.05, 3.63) is 84.6 Å². The highest BCUT2D eigenvalue weighted by molar-refractivity contribution is 6.98. The molecule has 132 valence electrons. The Kier molecular flexibility index (Phi) is 3.18. The third-order valence-corrected chi connectivity index (χ3v) is 5.52. The summed E-state index contributed by atoms with van der Waals surface area (Å²) < 4.78 is 12.6. The van der Waals surface area contributed by atoms with Gasteiger partial charge in [0.1, 0.15) is 23.0 Å². The molecule has 0 bridgehead atoms. The second-order valence-corrected chi connectivity index (χ2v) is 7.29. The predicted molar refractivity (Wildman–Crippen MR) is 112 cm³/mol. The van der Waals surface area contributed by atoms with Gasteiger partial charge in [0.05, 0.1) is 5.69 Å². The molecule has 6 rings (SSSR count). The van der Waals surface area contributed by atoms with Crippen LogP contribution < -0.4 is 25.9 Å². The fourth-order valence-corrected chi connectivity index (χ4v) is 4.29. The Hall–Kier alpha value is -3.53. The summed E-state index contributed by atoms with van der Waals surface area (Å²) in [5.41, 5.74) is 6.54. The predicted octanol–water partition coefficient (Wildman–Crippen LogP) is 3.78. The standard InChI is InChI=1S/C24H16BNO2/c1-15-12-13-26-19(14-15)16-6-4-8-18-24(16)28-22-11-5-10-21-23(22)25(18)17-7-2-3-9-20(17)27-21/h2-14H,1H3. The van der Waals surface area contributed by atoms with E-state index in [2.05, 4.69) is 48.3 Å². The Labute approximate surface area is 163 Å². The minimum absolute atomic E-state index is 0.0876. The highest BCUT2D eigenvalue weighted by atomic mass is 16.5. The van der Waals surface area contributed by atoms with Crippen molar-refractivity contribution in [3.63, 3.8) is 0 Å². The zero-order valence-electron chi connectivity index (χ0n) is 15.3. The van der Waals surface area contributed by atoms with Crippen LogP contribution in [0.4, 0.5) is 0 Å². The summed E-state index contributed by atoms with van der Waals surface area (Å²) in [6.07, 6.45) is 1.85. The van der Waals surface area contributed by atoms with Crippen LogP contribution >= 0.6 is 0 Å². The van der Waals surface area contributed by atoms with Crippen LogP contribution in [-0.4, -0.2) is 11.7 Å². The molecule has 3 nitrogen and oxygen atoms in total. The van der Waals surface area contributed by atoms with Crippen LogP contribution in [0.5, 0.6) is 23.0 Å². The average molecular weight is 361 g/mol. The lowest BCUT2D eigenvalue weighted by molar-refractivity contribution is 0.465. The van der Waals surface area contributed by atoms with E-state index in [0.29, 0.717) is 0 Å². The molecule has 2 aliphatic heterocycles. The number of nitrogens with zero attached hydrogens (tertiary/aromatic N) is 1. The van der Waals surface area contributed by atoms with Gasteiger partial charge >= 0.3 is 0 Å². The van der Waals surface area contributed by atoms with Gasteiger partial charge in [-0.15, -0.1) is 0 Å². The van der Waals surface area contributed by atoms with Crippen molar-refractivity contribution in [3.8, 4) is 34.3 Å². The number of benzene rings is 3. The van der Waals surface area contributed by atoms with E-state index in [1.54, 1.807) is 0 Å². The molecule has 3 heterocycles. The number of fused-ring (bicyclic) bond motifs is 4. The molecule has 4 heteroatoms. The van der Waals surface area contributed by atoms with Crippen LogP contribution in [0.1, 0.15) is 5.56 Å². The summed E-state index contributed by atoms with van der Waals surface area (Å²) in [6, 6.07) is 24.7. The molecular weight excluding hydrogens is 345 g/mol. The molecule has 0 aliphatic carbocycles. The maximum atomic E-state index is 6.44. The molecule has 4 aromatic rings. The Morgan fingerprint density at radius 1 is 0.750 bits per heavy atom. The first-order chi connectivity index (χ1) is 13.8. The molecule has 3 aromatic carbocycles. The fourth-order valence-electron chi connectivity index (χ4n) is 4.29. The summed E-state index contributed by atoms with van der Waals surface area (Å²) in [6.45, 7) is 2.17. The number of hydrogen-bond acceptors (Lipinski definition) is 3. The second kappa shape index (κ2) is 5.73. The van der Waals surface area contributed by atoms with Crippen LogP contribution in [0.2, 0.25) is 0 Å². The minimum atomic E-state index is 0.0876. The molecule has 0 amide bonds. The molecule has 0 atom stereocenters. The number of ether oxygens (including phenoxy) is 2. The highest BCUT2D eigenvalue weighted by Crippen LogP contribution is 2.38. The minimum Gasteiger partial charge on any atom is -0.458 e. The van der Waals surface area contributed by atoms with Crippen LogP contribution in [-0.2, 0) is 0 Å². The molecule has 0 saturated carbocycles. The van der Waals surface area contributed by atoms with Gasteiger partial charge in [-0.2, -0.15) is 0 Å². The molecule has 0 unspecified atom stereocenters. The van der Waals surface area contributed by atoms with Gasteiger partial charge < -0.3 is 9.47 Å². The SMILES string of the molecule is Cc1ccnc(-c2cccc3c2Oc2cccc4c2B3c2ccccc2O4)c1. The highest BCUT2D eigenvalue weighted by Gasteiger charge is 2.40. The van der Waals surface area contributed by atoms with Gasteiger partial charge in [-0.25, -0.2) is 0 Å². The van der Waals surface area contributed by atoms with E-state index in [9.17, 15) is 0 Å². The Bertz CT molecular complexity index is 1250. The van der Waals surface area contributed by atoms with Crippen LogP contribution in [0.3, 0.4) is 0 Å². The van der Waals surface area contributed by atoms with Gasteiger partial charge in [0, 0.05) is 17.2 Å². The summed E-state index contributed by atoms with van der Waals surface area (Å²) >= 11 is 0. The topological polar surface area (TPSA) is 31.4 Å². The summed E-state index contributed by atoms with van der Waals surface area (Å²) in [7, 11) is 0. The molecule has 28 heavy (non-hydrogen) atoms. The van der Waals surface area contributed by atoms with Gasteiger partial charge in [0.2, 0.25) is 0 Å². The third-order valence-electron chi connectivity index (χ3n) is 5.52. The lowest BCUT2D eigenvalue weighted by Crippen LogP contribution is -2.57. The lowest BCUT2D eigenvalue weighted by atomic mass is 9.34. The first-order valence-corrected chi connectivity index (χ1v) is 9.43. The second-order valence-electron chi connectivity index (χ2n) is 7.29. The van der Waals surface area contributed by atoms with Gasteiger partial charge in [-0.05, 0) is 59.8 Å². The van der Waals surface area contributed by atoms with Crippen molar-refractivity contribution in [1.82, 2.24) is 4.98 Å². The quantitative estimate of drug-likeness (QED) is 0.418. The van der Waals surface area contributed by atoms with E-state index in [4.69, 9.17) is 9.47 Å². The van der Waals surface area contributed by atoms with Crippen molar-refractivity contribution >= 4 is 23.1 Å². The molecule has 0 fully saturated rings. The number of aryl methyl sites for hydroxylation is 1. The van der Waals surface area contributed by atoms with Crippen LogP contribution in [0, 0.1) is 6.92 Å². The molecule has 0 spiro atoms. The van der Waals surface area contributed by atoms with E-state index in [1.807, 2.05) is 42.6 Å². The molecular formula is C24H16BNO2. The van der Waals surface area contributed by atoms with E-state index in [-0.39, 0.29) is 6.71 Å². The average Bonchev–Trinajstić information content (AvgIpc) is 2.73. The first-order valence-electron chi connectivity index (χ1n) is 9.43. The van der Waals surface area contributed by atoms with Crippen LogP contribution in [0.25, 0.3) is 11.3 Å². The zero-order valence-corrected chi connectivity index (χ0v) is 15.3. The number of pyridine rings is 1. The monoisotopic (exact) mass is 361 g/mol. The maximum Gasteiger partial charge on any atom is 0.260 e. The van der Waals surface area contributed by atoms with Crippen molar-refractivity contribution in [2.75, 3.05) is 0 Å². The van der Waals surface area contributed by atoms with Gasteiger partial charge in [0.25, 0.3) is 6.71 Å². The molecule has 0 N–H and O–H groups in total. The molecule has 1 aromatic heterocycles.